The molecule has 0 unspecified atom stereocenters. The smallest absolute Gasteiger partial charge is 0.315 e. The third kappa shape index (κ3) is 2.97. The van der Waals surface area contributed by atoms with Crippen LogP contribution in [0.15, 0.2) is 47.1 Å². The molecule has 0 fully saturated rings. The number of hydrogen-bond donors (Lipinski definition) is 2. The molecule has 0 aliphatic heterocycles. The first-order valence-corrected chi connectivity index (χ1v) is 7.01. The van der Waals surface area contributed by atoms with E-state index < -0.39 is 0 Å². The molecule has 20 heavy (non-hydrogen) atoms. The van der Waals surface area contributed by atoms with Crippen LogP contribution >= 0.6 is 11.3 Å². The summed E-state index contributed by atoms with van der Waals surface area (Å²) in [5.74, 6) is 0.722. The van der Waals surface area contributed by atoms with Gasteiger partial charge in [-0.2, -0.15) is 0 Å². The first-order valence-electron chi connectivity index (χ1n) is 6.20. The number of hydrogen-bond acceptors (Lipinski definition) is 4. The summed E-state index contributed by atoms with van der Waals surface area (Å²) < 4.78 is 6.26. The zero-order valence-electron chi connectivity index (χ0n) is 10.6. The number of nitrogens with one attached hydrogen (secondary N) is 2. The summed E-state index contributed by atoms with van der Waals surface area (Å²) in [6, 6.07) is 11.3. The number of rotatable bonds is 4. The van der Waals surface area contributed by atoms with Gasteiger partial charge in [-0.15, -0.1) is 11.3 Å². The van der Waals surface area contributed by atoms with E-state index in [4.69, 9.17) is 4.42 Å². The number of amides is 2. The molecule has 0 radical (unpaired) electrons. The highest BCUT2D eigenvalue weighted by atomic mass is 32.1. The Morgan fingerprint density at radius 1 is 1.15 bits per heavy atom. The van der Waals surface area contributed by atoms with Crippen LogP contribution in [0.25, 0.3) is 10.2 Å². The molecule has 3 aromatic rings. The van der Waals surface area contributed by atoms with Crippen LogP contribution in [0.5, 0.6) is 0 Å². The maximum Gasteiger partial charge on any atom is 0.315 e. The predicted molar refractivity (Wildman–Crippen MR) is 77.4 cm³/mol. The average Bonchev–Trinajstić information content (AvgIpc) is 3.11. The van der Waals surface area contributed by atoms with Crippen LogP contribution in [0.2, 0.25) is 0 Å². The number of nitrogens with zero attached hydrogens (tertiary/aromatic N) is 1. The molecular formula is C14H13N3O2S. The minimum Gasteiger partial charge on any atom is -0.467 e. The van der Waals surface area contributed by atoms with Crippen molar-refractivity contribution in [1.82, 2.24) is 15.6 Å². The number of fused-ring (bicyclic) bond motifs is 1. The summed E-state index contributed by atoms with van der Waals surface area (Å²) in [6.45, 7) is 0.794. The van der Waals surface area contributed by atoms with Crippen molar-refractivity contribution in [3.63, 3.8) is 0 Å². The molecule has 0 aliphatic carbocycles. The van der Waals surface area contributed by atoms with Crippen molar-refractivity contribution in [2.45, 2.75) is 13.1 Å². The van der Waals surface area contributed by atoms with E-state index in [9.17, 15) is 4.79 Å². The zero-order chi connectivity index (χ0) is 13.8. The van der Waals surface area contributed by atoms with Crippen LogP contribution in [0, 0.1) is 0 Å². The lowest BCUT2D eigenvalue weighted by atomic mass is 10.3. The van der Waals surface area contributed by atoms with Crippen LogP contribution in [-0.2, 0) is 13.1 Å². The standard InChI is InChI=1S/C14H13N3O2S/c18-14(15-8-10-4-3-7-19-10)16-9-13-17-11-5-1-2-6-12(11)20-13/h1-7H,8-9H2,(H2,15,16,18). The van der Waals surface area contributed by atoms with Gasteiger partial charge < -0.3 is 15.1 Å². The summed E-state index contributed by atoms with van der Waals surface area (Å²) in [4.78, 5) is 16.1. The number of furan rings is 1. The second-order valence-corrected chi connectivity index (χ2v) is 5.31. The molecule has 0 atom stereocenters. The number of carbonyl (C=O) groups excluding carboxylic acids is 1. The summed E-state index contributed by atoms with van der Waals surface area (Å²) in [5.41, 5.74) is 0.963. The van der Waals surface area contributed by atoms with Gasteiger partial charge in [-0.1, -0.05) is 12.1 Å². The molecule has 0 saturated carbocycles. The lowest BCUT2D eigenvalue weighted by molar-refractivity contribution is 0.239. The maximum atomic E-state index is 11.6. The van der Waals surface area contributed by atoms with E-state index in [2.05, 4.69) is 15.6 Å². The topological polar surface area (TPSA) is 67.2 Å². The fourth-order valence-corrected chi connectivity index (χ4v) is 2.70. The quantitative estimate of drug-likeness (QED) is 0.775. The number of para-hydroxylation sites is 1. The van der Waals surface area contributed by atoms with Gasteiger partial charge in [0, 0.05) is 0 Å². The third-order valence-electron chi connectivity index (χ3n) is 2.74. The minimum atomic E-state index is -0.236. The van der Waals surface area contributed by atoms with Gasteiger partial charge in [0.05, 0.1) is 29.6 Å². The van der Waals surface area contributed by atoms with Crippen LogP contribution in [-0.4, -0.2) is 11.0 Å². The van der Waals surface area contributed by atoms with Gasteiger partial charge in [-0.05, 0) is 24.3 Å². The Labute approximate surface area is 119 Å². The second-order valence-electron chi connectivity index (χ2n) is 4.19. The van der Waals surface area contributed by atoms with Crippen LogP contribution < -0.4 is 10.6 Å². The highest BCUT2D eigenvalue weighted by Crippen LogP contribution is 2.21. The first-order chi connectivity index (χ1) is 9.81. The molecule has 5 nitrogen and oxygen atoms in total. The predicted octanol–water partition coefficient (Wildman–Crippen LogP) is 2.89. The van der Waals surface area contributed by atoms with Gasteiger partial charge in [-0.25, -0.2) is 9.78 Å². The Morgan fingerprint density at radius 2 is 2.00 bits per heavy atom. The summed E-state index contributed by atoms with van der Waals surface area (Å²) in [5, 5.41) is 6.39. The van der Waals surface area contributed by atoms with Crippen molar-refractivity contribution in [1.29, 1.82) is 0 Å². The van der Waals surface area contributed by atoms with Gasteiger partial charge in [0.25, 0.3) is 0 Å². The van der Waals surface area contributed by atoms with Crippen molar-refractivity contribution in [2.24, 2.45) is 0 Å². The first kappa shape index (κ1) is 12.7. The molecule has 0 spiro atoms. The van der Waals surface area contributed by atoms with E-state index in [0.29, 0.717) is 13.1 Å². The van der Waals surface area contributed by atoms with Crippen molar-refractivity contribution in [2.75, 3.05) is 0 Å². The Hall–Kier alpha value is -2.34. The Bertz CT molecular complexity index is 673. The Morgan fingerprint density at radius 3 is 2.80 bits per heavy atom. The molecule has 1 aromatic carbocycles. The van der Waals surface area contributed by atoms with Crippen molar-refractivity contribution < 1.29 is 9.21 Å². The van der Waals surface area contributed by atoms with Gasteiger partial charge in [0.15, 0.2) is 0 Å². The van der Waals surface area contributed by atoms with Gasteiger partial charge >= 0.3 is 6.03 Å². The Balaban J connectivity index is 1.52. The molecular weight excluding hydrogens is 274 g/mol. The number of benzene rings is 1. The molecule has 2 aromatic heterocycles. The molecule has 102 valence electrons. The van der Waals surface area contributed by atoms with E-state index >= 15 is 0 Å². The zero-order valence-corrected chi connectivity index (χ0v) is 11.4. The minimum absolute atomic E-state index is 0.236. The van der Waals surface area contributed by atoms with Crippen LogP contribution in [0.4, 0.5) is 4.79 Å². The normalized spacial score (nSPS) is 10.6. The molecule has 3 rings (SSSR count). The molecule has 0 bridgehead atoms. The summed E-state index contributed by atoms with van der Waals surface area (Å²) in [7, 11) is 0. The fourth-order valence-electron chi connectivity index (χ4n) is 1.79. The lowest BCUT2D eigenvalue weighted by Crippen LogP contribution is -2.34. The molecule has 0 aliphatic rings. The number of thiazole rings is 1. The van der Waals surface area contributed by atoms with Crippen LogP contribution in [0.3, 0.4) is 0 Å². The average molecular weight is 287 g/mol. The van der Waals surface area contributed by atoms with Crippen molar-refractivity contribution >= 4 is 27.6 Å². The summed E-state index contributed by atoms with van der Waals surface area (Å²) in [6.07, 6.45) is 1.58. The number of urea groups is 1. The second kappa shape index (κ2) is 5.75. The summed E-state index contributed by atoms with van der Waals surface area (Å²) >= 11 is 1.58. The van der Waals surface area contributed by atoms with Crippen LogP contribution in [0.1, 0.15) is 10.8 Å². The van der Waals surface area contributed by atoms with Crippen molar-refractivity contribution in [3.8, 4) is 0 Å². The van der Waals surface area contributed by atoms with E-state index in [1.165, 1.54) is 0 Å². The molecule has 2 heterocycles. The number of aromatic nitrogens is 1. The van der Waals surface area contributed by atoms with Gasteiger partial charge in [0.1, 0.15) is 10.8 Å². The van der Waals surface area contributed by atoms with E-state index in [-0.39, 0.29) is 6.03 Å². The van der Waals surface area contributed by atoms with E-state index in [1.807, 2.05) is 30.3 Å². The molecule has 0 saturated heterocycles. The molecule has 2 amide bonds. The highest BCUT2D eigenvalue weighted by Gasteiger charge is 2.05. The monoisotopic (exact) mass is 287 g/mol. The highest BCUT2D eigenvalue weighted by molar-refractivity contribution is 7.18. The van der Waals surface area contributed by atoms with E-state index in [0.717, 1.165) is 21.0 Å². The van der Waals surface area contributed by atoms with E-state index in [1.54, 1.807) is 23.7 Å². The number of carbonyl (C=O) groups is 1. The largest absolute Gasteiger partial charge is 0.467 e. The maximum absolute atomic E-state index is 11.6. The van der Waals surface area contributed by atoms with Gasteiger partial charge in [-0.3, -0.25) is 0 Å². The molecule has 6 heteroatoms. The van der Waals surface area contributed by atoms with Crippen molar-refractivity contribution in [3.05, 3.63) is 53.4 Å². The fraction of sp³-hybridized carbons (Fsp3) is 0.143. The third-order valence-corrected chi connectivity index (χ3v) is 3.78. The van der Waals surface area contributed by atoms with Gasteiger partial charge in [0.2, 0.25) is 0 Å². The SMILES string of the molecule is O=C(NCc1ccco1)NCc1nc2ccccc2s1. The lowest BCUT2D eigenvalue weighted by Gasteiger charge is -2.04. The Kier molecular flexibility index (Phi) is 3.64. The molecule has 2 N–H and O–H groups in total.